The smallest absolute Gasteiger partial charge is 0.342 e. The Morgan fingerprint density at radius 3 is 2.73 bits per heavy atom. The van der Waals surface area contributed by atoms with Gasteiger partial charge in [-0.1, -0.05) is 11.6 Å². The first-order valence-corrected chi connectivity index (χ1v) is 11.3. The molecule has 0 radical (unpaired) electrons. The first kappa shape index (κ1) is 21.7. The molecule has 0 aliphatic carbocycles. The lowest BCUT2D eigenvalue weighted by atomic mass is 9.89. The van der Waals surface area contributed by atoms with Gasteiger partial charge < -0.3 is 19.6 Å². The molecule has 5 rings (SSSR count). The van der Waals surface area contributed by atoms with Gasteiger partial charge in [0.25, 0.3) is 0 Å². The molecule has 3 heterocycles. The van der Waals surface area contributed by atoms with E-state index < -0.39 is 5.97 Å². The van der Waals surface area contributed by atoms with Crippen molar-refractivity contribution >= 4 is 39.3 Å². The summed E-state index contributed by atoms with van der Waals surface area (Å²) in [6, 6.07) is 8.81. The number of phenols is 1. The number of furan rings is 1. The van der Waals surface area contributed by atoms with E-state index in [0.717, 1.165) is 31.7 Å². The highest BCUT2D eigenvalue weighted by Crippen LogP contribution is 2.47. The normalized spacial score (nSPS) is 15.7. The number of hydrogen-bond acceptors (Lipinski definition) is 7. The molecule has 0 spiro atoms. The molecule has 4 aromatic rings. The largest absolute Gasteiger partial charge is 0.507 e. The number of fused-ring (bicyclic) bond motifs is 3. The van der Waals surface area contributed by atoms with Gasteiger partial charge >= 0.3 is 5.97 Å². The Bertz CT molecular complexity index is 1320. The van der Waals surface area contributed by atoms with Gasteiger partial charge in [0.15, 0.2) is 0 Å². The molecule has 1 saturated heterocycles. The van der Waals surface area contributed by atoms with Gasteiger partial charge in [0.2, 0.25) is 0 Å². The highest BCUT2D eigenvalue weighted by molar-refractivity contribution is 6.32. The monoisotopic (exact) mass is 465 g/mol. The number of halogens is 1. The number of hydrogen-bond donors (Lipinski definition) is 2. The third-order valence-electron chi connectivity index (χ3n) is 6.10. The number of aromatic nitrogens is 1. The van der Waals surface area contributed by atoms with Crippen molar-refractivity contribution in [3.05, 3.63) is 70.7 Å². The summed E-state index contributed by atoms with van der Waals surface area (Å²) in [5, 5.41) is 17.4. The average molecular weight is 466 g/mol. The van der Waals surface area contributed by atoms with Crippen LogP contribution in [0.15, 0.2) is 53.4 Å². The molecule has 0 bridgehead atoms. The first-order chi connectivity index (χ1) is 16.1. The van der Waals surface area contributed by atoms with Gasteiger partial charge in [-0.05, 0) is 42.8 Å². The molecule has 1 atom stereocenters. The number of nitrogens with one attached hydrogen (secondary N) is 1. The van der Waals surface area contributed by atoms with Crippen molar-refractivity contribution in [2.45, 2.75) is 13.0 Å². The fraction of sp³-hybridized carbons (Fsp3) is 0.280. The summed E-state index contributed by atoms with van der Waals surface area (Å²) in [7, 11) is 0. The summed E-state index contributed by atoms with van der Waals surface area (Å²) in [6.45, 7) is 5.18. The molecule has 1 aliphatic heterocycles. The number of carbonyl (C=O) groups is 1. The van der Waals surface area contributed by atoms with Crippen LogP contribution >= 0.6 is 11.6 Å². The highest BCUT2D eigenvalue weighted by atomic mass is 35.5. The summed E-state index contributed by atoms with van der Waals surface area (Å²) >= 11 is 6.29. The van der Waals surface area contributed by atoms with Crippen molar-refractivity contribution < 1.29 is 19.1 Å². The van der Waals surface area contributed by atoms with Crippen LogP contribution in [0.4, 0.5) is 0 Å². The SMILES string of the molecule is CCOC(=O)c1coc2c1c(C(c1ccncc1)N1CCNCC1)c(O)c1cc(Cl)ccc12. The van der Waals surface area contributed by atoms with Crippen molar-refractivity contribution in [3.8, 4) is 5.75 Å². The minimum Gasteiger partial charge on any atom is -0.507 e. The number of benzene rings is 2. The van der Waals surface area contributed by atoms with Gasteiger partial charge in [-0.3, -0.25) is 9.88 Å². The van der Waals surface area contributed by atoms with Gasteiger partial charge in [-0.15, -0.1) is 0 Å². The highest BCUT2D eigenvalue weighted by Gasteiger charge is 2.33. The first-order valence-electron chi connectivity index (χ1n) is 11.0. The zero-order chi connectivity index (χ0) is 22.9. The van der Waals surface area contributed by atoms with Crippen LogP contribution in [0.1, 0.15) is 34.5 Å². The van der Waals surface area contributed by atoms with E-state index in [1.54, 1.807) is 37.5 Å². The van der Waals surface area contributed by atoms with E-state index in [1.165, 1.54) is 6.26 Å². The molecule has 2 N–H and O–H groups in total. The number of rotatable bonds is 5. The Labute approximate surface area is 195 Å². The number of carbonyl (C=O) groups excluding carboxylic acids is 1. The molecule has 2 aromatic heterocycles. The topological polar surface area (TPSA) is 87.8 Å². The maximum Gasteiger partial charge on any atom is 0.342 e. The van der Waals surface area contributed by atoms with Crippen LogP contribution in [0.25, 0.3) is 21.7 Å². The number of piperazine rings is 1. The van der Waals surface area contributed by atoms with E-state index in [1.807, 2.05) is 12.1 Å². The van der Waals surface area contributed by atoms with Crippen LogP contribution in [0.5, 0.6) is 5.75 Å². The molecule has 0 amide bonds. The van der Waals surface area contributed by atoms with Crippen LogP contribution in [0.2, 0.25) is 5.02 Å². The number of aromatic hydroxyl groups is 1. The lowest BCUT2D eigenvalue weighted by Crippen LogP contribution is -2.45. The predicted octanol–water partition coefficient (Wildman–Crippen LogP) is 4.51. The van der Waals surface area contributed by atoms with E-state index >= 15 is 0 Å². The van der Waals surface area contributed by atoms with E-state index in [-0.39, 0.29) is 18.4 Å². The van der Waals surface area contributed by atoms with E-state index in [9.17, 15) is 9.90 Å². The molecular weight excluding hydrogens is 442 g/mol. The van der Waals surface area contributed by atoms with Crippen molar-refractivity contribution in [1.29, 1.82) is 0 Å². The van der Waals surface area contributed by atoms with Crippen molar-refractivity contribution in [2.24, 2.45) is 0 Å². The van der Waals surface area contributed by atoms with Gasteiger partial charge in [0.05, 0.1) is 12.6 Å². The lowest BCUT2D eigenvalue weighted by Gasteiger charge is -2.36. The summed E-state index contributed by atoms with van der Waals surface area (Å²) in [5.41, 5.74) is 2.38. The van der Waals surface area contributed by atoms with Crippen molar-refractivity contribution in [1.82, 2.24) is 15.2 Å². The average Bonchev–Trinajstić information content (AvgIpc) is 3.28. The van der Waals surface area contributed by atoms with E-state index in [0.29, 0.717) is 37.9 Å². The minimum absolute atomic E-state index is 0.0762. The van der Waals surface area contributed by atoms with Crippen molar-refractivity contribution in [2.75, 3.05) is 32.8 Å². The quantitative estimate of drug-likeness (QED) is 0.419. The maximum atomic E-state index is 12.9. The minimum atomic E-state index is -0.487. The van der Waals surface area contributed by atoms with Gasteiger partial charge in [0, 0.05) is 65.3 Å². The number of pyridine rings is 1. The summed E-state index contributed by atoms with van der Waals surface area (Å²) in [6.07, 6.45) is 4.89. The molecule has 8 heteroatoms. The zero-order valence-corrected chi connectivity index (χ0v) is 18.9. The molecule has 170 valence electrons. The van der Waals surface area contributed by atoms with E-state index in [4.69, 9.17) is 20.8 Å². The Morgan fingerprint density at radius 2 is 2.00 bits per heavy atom. The molecular formula is C25H24ClN3O4. The Balaban J connectivity index is 1.87. The number of nitrogens with zero attached hydrogens (tertiary/aromatic N) is 2. The van der Waals surface area contributed by atoms with Crippen LogP contribution in [-0.4, -0.2) is 53.7 Å². The third-order valence-corrected chi connectivity index (χ3v) is 6.34. The zero-order valence-electron chi connectivity index (χ0n) is 18.2. The van der Waals surface area contributed by atoms with Crippen molar-refractivity contribution in [3.63, 3.8) is 0 Å². The fourth-order valence-electron chi connectivity index (χ4n) is 4.67. The Kier molecular flexibility index (Phi) is 5.93. The van der Waals surface area contributed by atoms with Gasteiger partial charge in [0.1, 0.15) is 23.2 Å². The summed E-state index contributed by atoms with van der Waals surface area (Å²) < 4.78 is 11.3. The molecule has 1 unspecified atom stereocenters. The second-order valence-corrected chi connectivity index (χ2v) is 8.43. The summed E-state index contributed by atoms with van der Waals surface area (Å²) in [5.74, 6) is -0.411. The molecule has 2 aromatic carbocycles. The molecule has 33 heavy (non-hydrogen) atoms. The summed E-state index contributed by atoms with van der Waals surface area (Å²) in [4.78, 5) is 19.4. The maximum absolute atomic E-state index is 12.9. The van der Waals surface area contributed by atoms with Crippen LogP contribution < -0.4 is 5.32 Å². The molecule has 1 fully saturated rings. The van der Waals surface area contributed by atoms with E-state index in [2.05, 4.69) is 15.2 Å². The van der Waals surface area contributed by atoms with Crippen LogP contribution in [-0.2, 0) is 4.74 Å². The third kappa shape index (κ3) is 3.82. The van der Waals surface area contributed by atoms with Crippen LogP contribution in [0.3, 0.4) is 0 Å². The Morgan fingerprint density at radius 1 is 1.24 bits per heavy atom. The van der Waals surface area contributed by atoms with Gasteiger partial charge in [-0.2, -0.15) is 0 Å². The second kappa shape index (κ2) is 9.02. The molecule has 0 saturated carbocycles. The molecule has 1 aliphatic rings. The number of phenolic OH excluding ortho intramolecular Hbond substituents is 1. The van der Waals surface area contributed by atoms with Crippen LogP contribution in [0, 0.1) is 0 Å². The fourth-order valence-corrected chi connectivity index (χ4v) is 4.84. The number of ether oxygens (including phenoxy) is 1. The molecule has 7 nitrogen and oxygen atoms in total. The standard InChI is InChI=1S/C25H24ClN3O4/c1-2-32-25(31)19-14-33-24-17-4-3-16(26)13-18(17)23(30)21(20(19)24)22(15-5-7-27-8-6-15)29-11-9-28-10-12-29/h3-8,13-14,22,28,30H,2,9-12H2,1H3. The second-order valence-electron chi connectivity index (χ2n) is 8.00. The Hall–Kier alpha value is -3.13. The predicted molar refractivity (Wildman–Crippen MR) is 127 cm³/mol. The number of esters is 1. The lowest BCUT2D eigenvalue weighted by molar-refractivity contribution is 0.0527. The van der Waals surface area contributed by atoms with Gasteiger partial charge in [-0.25, -0.2) is 4.79 Å².